The number of carbonyl (C=O) groups is 2. The van der Waals surface area contributed by atoms with Gasteiger partial charge in [0.05, 0.1) is 11.7 Å². The molecular formula is C13H16FNO3S. The first kappa shape index (κ1) is 15.5. The molecule has 1 rings (SSSR count). The number of amides is 1. The first-order chi connectivity index (χ1) is 8.90. The molecule has 0 saturated carbocycles. The fraction of sp³-hybridized carbons (Fsp3) is 0.385. The van der Waals surface area contributed by atoms with E-state index in [2.05, 4.69) is 5.32 Å². The number of hydrogen-bond acceptors (Lipinski definition) is 3. The van der Waals surface area contributed by atoms with Crippen LogP contribution in [0.25, 0.3) is 0 Å². The maximum absolute atomic E-state index is 12.7. The van der Waals surface area contributed by atoms with Crippen molar-refractivity contribution in [2.75, 3.05) is 5.75 Å². The van der Waals surface area contributed by atoms with Crippen LogP contribution in [0.15, 0.2) is 29.2 Å². The Morgan fingerprint density at radius 3 is 2.42 bits per heavy atom. The maximum Gasteiger partial charge on any atom is 0.308 e. The van der Waals surface area contributed by atoms with Crippen molar-refractivity contribution in [1.29, 1.82) is 0 Å². The van der Waals surface area contributed by atoms with Gasteiger partial charge in [0.1, 0.15) is 5.82 Å². The molecule has 0 spiro atoms. The van der Waals surface area contributed by atoms with Gasteiger partial charge in [-0.1, -0.05) is 0 Å². The molecule has 4 nitrogen and oxygen atoms in total. The minimum atomic E-state index is -0.945. The van der Waals surface area contributed by atoms with E-state index in [9.17, 15) is 14.0 Å². The molecule has 0 heterocycles. The predicted molar refractivity (Wildman–Crippen MR) is 71.5 cm³/mol. The van der Waals surface area contributed by atoms with E-state index in [1.54, 1.807) is 26.0 Å². The lowest BCUT2D eigenvalue weighted by molar-refractivity contribution is -0.142. The van der Waals surface area contributed by atoms with Gasteiger partial charge in [-0.2, -0.15) is 0 Å². The third-order valence-electron chi connectivity index (χ3n) is 2.71. The minimum absolute atomic E-state index is 0.169. The number of carboxylic acid groups (broad SMARTS) is 1. The van der Waals surface area contributed by atoms with Crippen molar-refractivity contribution in [3.05, 3.63) is 30.1 Å². The second kappa shape index (κ2) is 7.13. The Hall–Kier alpha value is -1.56. The highest BCUT2D eigenvalue weighted by atomic mass is 32.2. The molecule has 6 heteroatoms. The molecule has 0 aliphatic carbocycles. The van der Waals surface area contributed by atoms with E-state index in [1.165, 1.54) is 23.9 Å². The molecule has 1 amide bonds. The highest BCUT2D eigenvalue weighted by molar-refractivity contribution is 8.00. The monoisotopic (exact) mass is 285 g/mol. The average Bonchev–Trinajstić information content (AvgIpc) is 2.37. The van der Waals surface area contributed by atoms with E-state index >= 15 is 0 Å². The molecule has 0 aromatic heterocycles. The van der Waals surface area contributed by atoms with Gasteiger partial charge in [0.15, 0.2) is 0 Å². The summed E-state index contributed by atoms with van der Waals surface area (Å²) in [4.78, 5) is 23.2. The molecule has 2 N–H and O–H groups in total. The number of rotatable bonds is 6. The Bertz CT molecular complexity index is 450. The molecule has 0 aliphatic heterocycles. The molecule has 1 aromatic rings. The van der Waals surface area contributed by atoms with Crippen LogP contribution in [0, 0.1) is 11.7 Å². The van der Waals surface area contributed by atoms with Crippen LogP contribution in [-0.4, -0.2) is 28.8 Å². The Balaban J connectivity index is 2.39. The van der Waals surface area contributed by atoms with E-state index < -0.39 is 17.9 Å². The van der Waals surface area contributed by atoms with Gasteiger partial charge < -0.3 is 10.4 Å². The highest BCUT2D eigenvalue weighted by Gasteiger charge is 2.20. The smallest absolute Gasteiger partial charge is 0.308 e. The van der Waals surface area contributed by atoms with E-state index in [1.807, 2.05) is 0 Å². The van der Waals surface area contributed by atoms with Crippen molar-refractivity contribution < 1.29 is 19.1 Å². The molecule has 0 saturated heterocycles. The average molecular weight is 285 g/mol. The molecule has 1 aromatic carbocycles. The summed E-state index contributed by atoms with van der Waals surface area (Å²) < 4.78 is 12.7. The van der Waals surface area contributed by atoms with Crippen LogP contribution in [0.5, 0.6) is 0 Å². The number of hydrogen-bond donors (Lipinski definition) is 2. The van der Waals surface area contributed by atoms with Crippen LogP contribution < -0.4 is 5.32 Å². The quantitative estimate of drug-likeness (QED) is 0.786. The third kappa shape index (κ3) is 5.30. The van der Waals surface area contributed by atoms with Crippen molar-refractivity contribution in [2.45, 2.75) is 24.8 Å². The number of aliphatic carboxylic acids is 1. The number of thioether (sulfide) groups is 1. The van der Waals surface area contributed by atoms with Crippen molar-refractivity contribution in [1.82, 2.24) is 5.32 Å². The van der Waals surface area contributed by atoms with Crippen molar-refractivity contribution in [2.24, 2.45) is 5.92 Å². The SMILES string of the molecule is CC(NC(=O)CSc1ccc(F)cc1)C(C)C(=O)O. The van der Waals surface area contributed by atoms with E-state index in [0.29, 0.717) is 0 Å². The molecule has 0 aliphatic rings. The van der Waals surface area contributed by atoms with Crippen LogP contribution in [0.2, 0.25) is 0 Å². The predicted octanol–water partition coefficient (Wildman–Crippen LogP) is 2.14. The van der Waals surface area contributed by atoms with Gasteiger partial charge in [-0.15, -0.1) is 11.8 Å². The van der Waals surface area contributed by atoms with Crippen LogP contribution in [0.4, 0.5) is 4.39 Å². The van der Waals surface area contributed by atoms with Crippen molar-refractivity contribution >= 4 is 23.6 Å². The Labute approximate surface area is 115 Å². The van der Waals surface area contributed by atoms with E-state index in [-0.39, 0.29) is 17.5 Å². The van der Waals surface area contributed by atoms with Crippen LogP contribution in [-0.2, 0) is 9.59 Å². The van der Waals surface area contributed by atoms with Crippen LogP contribution in [0.3, 0.4) is 0 Å². The van der Waals surface area contributed by atoms with Gasteiger partial charge in [-0.3, -0.25) is 9.59 Å². The van der Waals surface area contributed by atoms with Crippen molar-refractivity contribution in [3.8, 4) is 0 Å². The third-order valence-corrected chi connectivity index (χ3v) is 3.72. The van der Waals surface area contributed by atoms with Gasteiger partial charge in [-0.05, 0) is 38.1 Å². The molecular weight excluding hydrogens is 269 g/mol. The summed E-state index contributed by atoms with van der Waals surface area (Å²) in [7, 11) is 0. The summed E-state index contributed by atoms with van der Waals surface area (Å²) in [6.07, 6.45) is 0. The highest BCUT2D eigenvalue weighted by Crippen LogP contribution is 2.17. The summed E-state index contributed by atoms with van der Waals surface area (Å²) in [5.41, 5.74) is 0. The second-order valence-corrected chi connectivity index (χ2v) is 5.27. The lowest BCUT2D eigenvalue weighted by atomic mass is 10.0. The lowest BCUT2D eigenvalue weighted by Gasteiger charge is -2.17. The van der Waals surface area contributed by atoms with E-state index in [4.69, 9.17) is 5.11 Å². The van der Waals surface area contributed by atoms with Crippen LogP contribution in [0.1, 0.15) is 13.8 Å². The summed E-state index contributed by atoms with van der Waals surface area (Å²) in [6, 6.07) is 5.41. The Kier molecular flexibility index (Phi) is 5.82. The minimum Gasteiger partial charge on any atom is -0.481 e. The van der Waals surface area contributed by atoms with E-state index in [0.717, 1.165) is 4.90 Å². The molecule has 0 bridgehead atoms. The molecule has 104 valence electrons. The van der Waals surface area contributed by atoms with Gasteiger partial charge >= 0.3 is 5.97 Å². The fourth-order valence-electron chi connectivity index (χ4n) is 1.31. The molecule has 2 unspecified atom stereocenters. The first-order valence-electron chi connectivity index (χ1n) is 5.80. The maximum atomic E-state index is 12.7. The number of benzene rings is 1. The summed E-state index contributed by atoms with van der Waals surface area (Å²) in [6.45, 7) is 3.19. The Morgan fingerprint density at radius 2 is 1.89 bits per heavy atom. The summed E-state index contributed by atoms with van der Waals surface area (Å²) in [5.74, 6) is -1.98. The van der Waals surface area contributed by atoms with Gasteiger partial charge in [0.25, 0.3) is 0 Å². The largest absolute Gasteiger partial charge is 0.481 e. The first-order valence-corrected chi connectivity index (χ1v) is 6.79. The molecule has 0 fully saturated rings. The van der Waals surface area contributed by atoms with Crippen molar-refractivity contribution in [3.63, 3.8) is 0 Å². The molecule has 19 heavy (non-hydrogen) atoms. The van der Waals surface area contributed by atoms with Crippen LogP contribution >= 0.6 is 11.8 Å². The number of halogens is 1. The van der Waals surface area contributed by atoms with Gasteiger partial charge in [-0.25, -0.2) is 4.39 Å². The zero-order valence-electron chi connectivity index (χ0n) is 10.7. The second-order valence-electron chi connectivity index (χ2n) is 4.23. The van der Waals surface area contributed by atoms with Gasteiger partial charge in [0, 0.05) is 10.9 Å². The lowest BCUT2D eigenvalue weighted by Crippen LogP contribution is -2.40. The summed E-state index contributed by atoms with van der Waals surface area (Å²) in [5, 5.41) is 11.4. The number of nitrogens with one attached hydrogen (secondary N) is 1. The number of carboxylic acids is 1. The number of carbonyl (C=O) groups excluding carboxylic acids is 1. The normalized spacial score (nSPS) is 13.6. The van der Waals surface area contributed by atoms with Gasteiger partial charge in [0.2, 0.25) is 5.91 Å². The fourth-order valence-corrected chi connectivity index (χ4v) is 2.02. The molecule has 2 atom stereocenters. The molecule has 0 radical (unpaired) electrons. The Morgan fingerprint density at radius 1 is 1.32 bits per heavy atom. The zero-order valence-corrected chi connectivity index (χ0v) is 11.5. The zero-order chi connectivity index (χ0) is 14.4. The standard InChI is InChI=1S/C13H16FNO3S/c1-8(13(17)18)9(2)15-12(16)7-19-11-5-3-10(14)4-6-11/h3-6,8-9H,7H2,1-2H3,(H,15,16)(H,17,18). The summed E-state index contributed by atoms with van der Waals surface area (Å²) >= 11 is 1.27. The topological polar surface area (TPSA) is 66.4 Å².